The van der Waals surface area contributed by atoms with Gasteiger partial charge in [-0.2, -0.15) is 0 Å². The van der Waals surface area contributed by atoms with Crippen molar-refractivity contribution in [2.24, 2.45) is 0 Å². The minimum atomic E-state index is -0.728. The highest BCUT2D eigenvalue weighted by molar-refractivity contribution is 6.35. The van der Waals surface area contributed by atoms with E-state index in [-0.39, 0.29) is 22.5 Å². The summed E-state index contributed by atoms with van der Waals surface area (Å²) in [5.41, 5.74) is 5.07. The SMILES string of the molecule is CCCn1c(C)cc(C(=O)COC(=O)c2ccc3c(c2)C(=O)N(c2cc(C)ccc2C)C3=O)c1C. The predicted octanol–water partition coefficient (Wildman–Crippen LogP) is 4.97. The third kappa shape index (κ3) is 4.30. The Morgan fingerprint density at radius 1 is 0.886 bits per heavy atom. The normalized spacial score (nSPS) is 12.8. The fraction of sp³-hybridized carbons (Fsp3) is 0.286. The number of ketones is 1. The number of anilines is 1. The first-order valence-electron chi connectivity index (χ1n) is 11.6. The first-order chi connectivity index (χ1) is 16.6. The van der Waals surface area contributed by atoms with Crippen molar-refractivity contribution in [3.05, 3.63) is 87.2 Å². The molecule has 0 saturated carbocycles. The Hall–Kier alpha value is -4.00. The number of hydrogen-bond donors (Lipinski definition) is 0. The standard InChI is InChI=1S/C28H28N2O5/c1-6-11-29-18(4)13-22(19(29)5)25(31)15-35-28(34)20-9-10-21-23(14-20)27(33)30(26(21)32)24-12-16(2)7-8-17(24)3/h7-10,12-14H,6,11,15H2,1-5H3. The molecule has 180 valence electrons. The molecular formula is C28H28N2O5. The van der Waals surface area contributed by atoms with Crippen molar-refractivity contribution < 1.29 is 23.9 Å². The van der Waals surface area contributed by atoms with Crippen LogP contribution in [0.1, 0.15) is 77.3 Å². The molecule has 4 rings (SSSR count). The van der Waals surface area contributed by atoms with E-state index in [2.05, 4.69) is 11.5 Å². The predicted molar refractivity (Wildman–Crippen MR) is 132 cm³/mol. The average molecular weight is 473 g/mol. The highest BCUT2D eigenvalue weighted by atomic mass is 16.5. The van der Waals surface area contributed by atoms with E-state index < -0.39 is 24.4 Å². The molecule has 1 aliphatic rings. The first-order valence-corrected chi connectivity index (χ1v) is 11.6. The minimum Gasteiger partial charge on any atom is -0.454 e. The number of fused-ring (bicyclic) bond motifs is 1. The number of rotatable bonds is 7. The Morgan fingerprint density at radius 3 is 2.31 bits per heavy atom. The molecule has 0 spiro atoms. The summed E-state index contributed by atoms with van der Waals surface area (Å²) in [6.45, 7) is 10.0. The number of benzene rings is 2. The van der Waals surface area contributed by atoms with E-state index in [4.69, 9.17) is 4.74 Å². The zero-order valence-electron chi connectivity index (χ0n) is 20.6. The second-order valence-electron chi connectivity index (χ2n) is 8.93. The summed E-state index contributed by atoms with van der Waals surface area (Å²) < 4.78 is 7.34. The van der Waals surface area contributed by atoms with Crippen LogP contribution in [-0.4, -0.2) is 34.7 Å². The number of amides is 2. The summed E-state index contributed by atoms with van der Waals surface area (Å²) in [5, 5.41) is 0. The summed E-state index contributed by atoms with van der Waals surface area (Å²) >= 11 is 0. The zero-order valence-corrected chi connectivity index (χ0v) is 20.6. The van der Waals surface area contributed by atoms with E-state index >= 15 is 0 Å². The lowest BCUT2D eigenvalue weighted by Crippen LogP contribution is -2.30. The number of aromatic nitrogens is 1. The molecule has 2 heterocycles. The molecule has 3 aromatic rings. The molecule has 0 aliphatic carbocycles. The van der Waals surface area contributed by atoms with Crippen LogP contribution >= 0.6 is 0 Å². The molecule has 1 aromatic heterocycles. The van der Waals surface area contributed by atoms with Gasteiger partial charge in [-0.15, -0.1) is 0 Å². The lowest BCUT2D eigenvalue weighted by molar-refractivity contribution is 0.0474. The van der Waals surface area contributed by atoms with Crippen molar-refractivity contribution in [2.45, 2.75) is 47.6 Å². The van der Waals surface area contributed by atoms with Gasteiger partial charge in [0.15, 0.2) is 6.61 Å². The Kier molecular flexibility index (Phi) is 6.43. The fourth-order valence-electron chi connectivity index (χ4n) is 4.49. The lowest BCUT2D eigenvalue weighted by Gasteiger charge is -2.17. The summed E-state index contributed by atoms with van der Waals surface area (Å²) in [6, 6.07) is 11.6. The molecule has 0 fully saturated rings. The Morgan fingerprint density at radius 2 is 1.60 bits per heavy atom. The van der Waals surface area contributed by atoms with Gasteiger partial charge in [-0.25, -0.2) is 9.69 Å². The summed E-state index contributed by atoms with van der Waals surface area (Å²) in [4.78, 5) is 52.6. The monoisotopic (exact) mass is 472 g/mol. The van der Waals surface area contributed by atoms with Gasteiger partial charge in [0, 0.05) is 23.5 Å². The van der Waals surface area contributed by atoms with Crippen LogP contribution < -0.4 is 4.90 Å². The van der Waals surface area contributed by atoms with E-state index in [1.54, 1.807) is 6.07 Å². The van der Waals surface area contributed by atoms with Gasteiger partial charge in [0.2, 0.25) is 5.78 Å². The van der Waals surface area contributed by atoms with Crippen LogP contribution in [0.4, 0.5) is 5.69 Å². The molecule has 7 heteroatoms. The number of carbonyl (C=O) groups excluding carboxylic acids is 4. The van der Waals surface area contributed by atoms with Gasteiger partial charge in [-0.1, -0.05) is 19.1 Å². The molecule has 0 N–H and O–H groups in total. The van der Waals surface area contributed by atoms with Gasteiger partial charge < -0.3 is 9.30 Å². The molecule has 0 bridgehead atoms. The maximum absolute atomic E-state index is 13.1. The molecule has 35 heavy (non-hydrogen) atoms. The van der Waals surface area contributed by atoms with Crippen molar-refractivity contribution >= 4 is 29.3 Å². The third-order valence-corrected chi connectivity index (χ3v) is 6.38. The lowest BCUT2D eigenvalue weighted by atomic mass is 10.1. The molecule has 0 atom stereocenters. The van der Waals surface area contributed by atoms with Gasteiger partial charge in [0.25, 0.3) is 11.8 Å². The molecule has 0 radical (unpaired) electrons. The van der Waals surface area contributed by atoms with Crippen molar-refractivity contribution in [1.29, 1.82) is 0 Å². The molecule has 7 nitrogen and oxygen atoms in total. The molecule has 2 amide bonds. The van der Waals surface area contributed by atoms with E-state index in [9.17, 15) is 19.2 Å². The summed E-state index contributed by atoms with van der Waals surface area (Å²) in [5.74, 6) is -1.94. The molecule has 2 aromatic carbocycles. The minimum absolute atomic E-state index is 0.108. The number of Topliss-reactive ketones (excluding diaryl/α,β-unsaturated/α-hetero) is 1. The number of imide groups is 1. The number of aryl methyl sites for hydroxylation is 3. The fourth-order valence-corrected chi connectivity index (χ4v) is 4.49. The maximum Gasteiger partial charge on any atom is 0.338 e. The topological polar surface area (TPSA) is 85.7 Å². The average Bonchev–Trinajstić information content (AvgIpc) is 3.26. The van der Waals surface area contributed by atoms with Crippen LogP contribution in [0.2, 0.25) is 0 Å². The van der Waals surface area contributed by atoms with Crippen molar-refractivity contribution in [3.63, 3.8) is 0 Å². The van der Waals surface area contributed by atoms with Gasteiger partial charge in [-0.05, 0) is 75.6 Å². The van der Waals surface area contributed by atoms with Crippen LogP contribution in [0.5, 0.6) is 0 Å². The molecule has 0 saturated heterocycles. The second kappa shape index (κ2) is 9.33. The number of ether oxygens (including phenoxy) is 1. The highest BCUT2D eigenvalue weighted by Gasteiger charge is 2.38. The van der Waals surface area contributed by atoms with Crippen LogP contribution in [0.15, 0.2) is 42.5 Å². The molecule has 1 aliphatic heterocycles. The summed E-state index contributed by atoms with van der Waals surface area (Å²) in [7, 11) is 0. The Labute approximate surface area is 204 Å². The van der Waals surface area contributed by atoms with Crippen LogP contribution in [0.3, 0.4) is 0 Å². The molecule has 0 unspecified atom stereocenters. The quantitative estimate of drug-likeness (QED) is 0.275. The smallest absolute Gasteiger partial charge is 0.338 e. The molecular weight excluding hydrogens is 444 g/mol. The van der Waals surface area contributed by atoms with E-state index in [1.807, 2.05) is 45.9 Å². The second-order valence-corrected chi connectivity index (χ2v) is 8.93. The Bertz CT molecular complexity index is 1380. The van der Waals surface area contributed by atoms with Gasteiger partial charge in [-0.3, -0.25) is 14.4 Å². The number of nitrogens with zero attached hydrogens (tertiary/aromatic N) is 2. The van der Waals surface area contributed by atoms with Gasteiger partial charge >= 0.3 is 5.97 Å². The third-order valence-electron chi connectivity index (χ3n) is 6.38. The van der Waals surface area contributed by atoms with Crippen molar-refractivity contribution in [2.75, 3.05) is 11.5 Å². The number of hydrogen-bond acceptors (Lipinski definition) is 5. The highest BCUT2D eigenvalue weighted by Crippen LogP contribution is 2.32. The van der Waals surface area contributed by atoms with Crippen LogP contribution in [0.25, 0.3) is 0 Å². The van der Waals surface area contributed by atoms with Crippen LogP contribution in [-0.2, 0) is 11.3 Å². The van der Waals surface area contributed by atoms with E-state index in [0.717, 1.165) is 40.4 Å². The van der Waals surface area contributed by atoms with Crippen molar-refractivity contribution in [3.8, 4) is 0 Å². The van der Waals surface area contributed by atoms with Gasteiger partial charge in [0.05, 0.1) is 22.4 Å². The first kappa shape index (κ1) is 24.1. The van der Waals surface area contributed by atoms with Crippen LogP contribution in [0, 0.1) is 27.7 Å². The Balaban J connectivity index is 1.51. The number of carbonyl (C=O) groups is 4. The maximum atomic E-state index is 13.1. The number of esters is 1. The summed E-state index contributed by atoms with van der Waals surface area (Å²) in [6.07, 6.45) is 0.944. The van der Waals surface area contributed by atoms with E-state index in [1.165, 1.54) is 18.2 Å². The van der Waals surface area contributed by atoms with E-state index in [0.29, 0.717) is 11.3 Å². The zero-order chi connectivity index (χ0) is 25.4. The van der Waals surface area contributed by atoms with Gasteiger partial charge in [0.1, 0.15) is 0 Å². The largest absolute Gasteiger partial charge is 0.454 e. The van der Waals surface area contributed by atoms with Crippen molar-refractivity contribution in [1.82, 2.24) is 4.57 Å².